The van der Waals surface area contributed by atoms with Crippen molar-refractivity contribution in [2.75, 3.05) is 37.2 Å². The number of carbonyl (C=O) groups is 1. The number of piperazine rings is 1. The Balaban J connectivity index is 1.17. The van der Waals surface area contributed by atoms with Gasteiger partial charge in [0.25, 0.3) is 0 Å². The van der Waals surface area contributed by atoms with Crippen LogP contribution in [0.4, 0.5) is 5.13 Å². The average molecular weight is 470 g/mol. The summed E-state index contributed by atoms with van der Waals surface area (Å²) in [7, 11) is 0. The maximum absolute atomic E-state index is 12.5. The van der Waals surface area contributed by atoms with Crippen LogP contribution in [0.1, 0.15) is 10.6 Å². The number of nitrogens with one attached hydrogen (secondary N) is 1. The van der Waals surface area contributed by atoms with Gasteiger partial charge in [-0.1, -0.05) is 34.7 Å². The van der Waals surface area contributed by atoms with Gasteiger partial charge in [0.05, 0.1) is 22.9 Å². The molecule has 1 aliphatic rings. The normalized spacial score (nSPS) is 15.0. The number of thioether (sulfide) groups is 1. The summed E-state index contributed by atoms with van der Waals surface area (Å²) < 4.78 is 6.89. The number of hydrogen-bond acceptors (Lipinski definition) is 9. The zero-order chi connectivity index (χ0) is 20.1. The van der Waals surface area contributed by atoms with Crippen molar-refractivity contribution in [3.8, 4) is 0 Å². The maximum Gasteiger partial charge on any atom is 0.233 e. The lowest BCUT2D eigenvalue weighted by atomic mass is 10.3. The highest BCUT2D eigenvalue weighted by Gasteiger charge is 2.22. The third-order valence-electron chi connectivity index (χ3n) is 4.45. The number of hydrogen-bond donors (Lipinski definition) is 1. The summed E-state index contributed by atoms with van der Waals surface area (Å²) >= 11 is 10.5. The fourth-order valence-electron chi connectivity index (χ4n) is 2.94. The highest BCUT2D eigenvalue weighted by molar-refractivity contribution is 8.01. The molecule has 1 aliphatic heterocycles. The van der Waals surface area contributed by atoms with Crippen molar-refractivity contribution < 1.29 is 9.21 Å². The van der Waals surface area contributed by atoms with Gasteiger partial charge >= 0.3 is 0 Å². The molecule has 0 saturated carbocycles. The van der Waals surface area contributed by atoms with Gasteiger partial charge < -0.3 is 14.6 Å². The van der Waals surface area contributed by atoms with E-state index in [0.29, 0.717) is 12.3 Å². The van der Waals surface area contributed by atoms with E-state index in [1.54, 1.807) is 17.6 Å². The van der Waals surface area contributed by atoms with Gasteiger partial charge in [0.1, 0.15) is 5.76 Å². The Bertz CT molecular complexity index is 922. The van der Waals surface area contributed by atoms with Crippen molar-refractivity contribution >= 4 is 57.1 Å². The fourth-order valence-corrected chi connectivity index (χ4v) is 5.72. The first-order chi connectivity index (χ1) is 14.2. The molecule has 1 amide bonds. The van der Waals surface area contributed by atoms with Crippen molar-refractivity contribution in [1.82, 2.24) is 20.0 Å². The Kier molecular flexibility index (Phi) is 7.09. The van der Waals surface area contributed by atoms with E-state index in [1.807, 2.05) is 23.1 Å². The number of rotatable bonds is 8. The van der Waals surface area contributed by atoms with E-state index in [-0.39, 0.29) is 5.91 Å². The van der Waals surface area contributed by atoms with Gasteiger partial charge in [0, 0.05) is 37.6 Å². The van der Waals surface area contributed by atoms with Gasteiger partial charge in [-0.2, -0.15) is 0 Å². The van der Waals surface area contributed by atoms with E-state index in [1.165, 1.54) is 28.0 Å². The number of amides is 1. The number of anilines is 1. The summed E-state index contributed by atoms with van der Waals surface area (Å²) in [6.07, 6.45) is 1.64. The number of carbonyl (C=O) groups excluding carboxylic acids is 1. The van der Waals surface area contributed by atoms with Crippen LogP contribution in [0, 0.1) is 0 Å². The zero-order valence-corrected chi connectivity index (χ0v) is 18.7. The van der Waals surface area contributed by atoms with Gasteiger partial charge in [-0.3, -0.25) is 9.69 Å². The molecule has 3 aromatic rings. The number of thiophene rings is 1. The van der Waals surface area contributed by atoms with Crippen LogP contribution in [-0.2, 0) is 17.9 Å². The van der Waals surface area contributed by atoms with Gasteiger partial charge in [-0.15, -0.1) is 21.5 Å². The molecule has 0 bridgehead atoms. The SMILES string of the molecule is O=C(CSc1nnc(NCc2ccco2)s1)N1CCN(Cc2ccc(Cl)s2)CC1. The van der Waals surface area contributed by atoms with E-state index in [2.05, 4.69) is 26.5 Å². The molecule has 0 unspecified atom stereocenters. The smallest absolute Gasteiger partial charge is 0.233 e. The molecule has 7 nitrogen and oxygen atoms in total. The molecule has 1 saturated heterocycles. The monoisotopic (exact) mass is 469 g/mol. The minimum Gasteiger partial charge on any atom is -0.467 e. The first-order valence-corrected chi connectivity index (χ1v) is 12.1. The molecular formula is C18H20ClN5O2S3. The first-order valence-electron chi connectivity index (χ1n) is 9.12. The minimum atomic E-state index is 0.147. The largest absolute Gasteiger partial charge is 0.467 e. The predicted octanol–water partition coefficient (Wildman–Crippen LogP) is 3.89. The van der Waals surface area contributed by atoms with Gasteiger partial charge in [-0.05, 0) is 24.3 Å². The fraction of sp³-hybridized carbons (Fsp3) is 0.389. The van der Waals surface area contributed by atoms with Crippen molar-refractivity contribution in [3.63, 3.8) is 0 Å². The van der Waals surface area contributed by atoms with Crippen LogP contribution in [0.3, 0.4) is 0 Å². The molecule has 1 fully saturated rings. The molecule has 3 aromatic heterocycles. The molecule has 0 aliphatic carbocycles. The van der Waals surface area contributed by atoms with Crippen LogP contribution >= 0.6 is 46.0 Å². The van der Waals surface area contributed by atoms with Crippen LogP contribution in [0.25, 0.3) is 0 Å². The second kappa shape index (κ2) is 9.94. The van der Waals surface area contributed by atoms with Crippen molar-refractivity contribution in [1.29, 1.82) is 0 Å². The highest BCUT2D eigenvalue weighted by Crippen LogP contribution is 2.26. The molecule has 0 aromatic carbocycles. The van der Waals surface area contributed by atoms with Gasteiger partial charge in [-0.25, -0.2) is 0 Å². The summed E-state index contributed by atoms with van der Waals surface area (Å²) in [5.41, 5.74) is 0. The highest BCUT2D eigenvalue weighted by atomic mass is 35.5. The van der Waals surface area contributed by atoms with E-state index in [9.17, 15) is 4.79 Å². The number of halogens is 1. The van der Waals surface area contributed by atoms with Crippen molar-refractivity contribution in [3.05, 3.63) is 45.5 Å². The number of aromatic nitrogens is 2. The standard InChI is InChI=1S/C18H20ClN5O2S3/c19-15-4-3-14(28-15)11-23-5-7-24(8-6-23)16(25)12-27-18-22-21-17(29-18)20-10-13-2-1-9-26-13/h1-4,9H,5-8,10-12H2,(H,20,21). The van der Waals surface area contributed by atoms with Crippen LogP contribution in [-0.4, -0.2) is 57.8 Å². The average Bonchev–Trinajstić information content (AvgIpc) is 3.48. The Hall–Kier alpha value is -1.59. The summed E-state index contributed by atoms with van der Waals surface area (Å²) in [4.78, 5) is 18.1. The van der Waals surface area contributed by atoms with E-state index in [0.717, 1.165) is 52.3 Å². The summed E-state index contributed by atoms with van der Waals surface area (Å²) in [6, 6.07) is 7.75. The molecule has 29 heavy (non-hydrogen) atoms. The third-order valence-corrected chi connectivity index (χ3v) is 7.67. The molecular weight excluding hydrogens is 450 g/mol. The second-order valence-corrected chi connectivity index (χ2v) is 10.5. The number of furan rings is 1. The van der Waals surface area contributed by atoms with Crippen molar-refractivity contribution in [2.24, 2.45) is 0 Å². The Morgan fingerprint density at radius 2 is 2.07 bits per heavy atom. The van der Waals surface area contributed by atoms with Crippen LogP contribution in [0.15, 0.2) is 39.3 Å². The molecule has 0 radical (unpaired) electrons. The Morgan fingerprint density at radius 3 is 2.79 bits per heavy atom. The first kappa shape index (κ1) is 20.7. The topological polar surface area (TPSA) is 74.5 Å². The lowest BCUT2D eigenvalue weighted by Crippen LogP contribution is -2.48. The lowest BCUT2D eigenvalue weighted by molar-refractivity contribution is -0.130. The third kappa shape index (κ3) is 5.95. The Labute approximate surface area is 186 Å². The summed E-state index contributed by atoms with van der Waals surface area (Å²) in [5.74, 6) is 1.37. The van der Waals surface area contributed by atoms with Crippen LogP contribution < -0.4 is 5.32 Å². The summed E-state index contributed by atoms with van der Waals surface area (Å²) in [6.45, 7) is 4.73. The minimum absolute atomic E-state index is 0.147. The molecule has 0 spiro atoms. The van der Waals surface area contributed by atoms with Crippen molar-refractivity contribution in [2.45, 2.75) is 17.4 Å². The van der Waals surface area contributed by atoms with Gasteiger partial charge in [0.2, 0.25) is 11.0 Å². The van der Waals surface area contributed by atoms with Gasteiger partial charge in [0.15, 0.2) is 4.34 Å². The molecule has 0 atom stereocenters. The van der Waals surface area contributed by atoms with Crippen LogP contribution in [0.2, 0.25) is 4.34 Å². The summed E-state index contributed by atoms with van der Waals surface area (Å²) in [5, 5.41) is 12.2. The van der Waals surface area contributed by atoms with E-state index < -0.39 is 0 Å². The second-order valence-electron chi connectivity index (χ2n) is 6.46. The lowest BCUT2D eigenvalue weighted by Gasteiger charge is -2.34. The molecule has 4 rings (SSSR count). The van der Waals surface area contributed by atoms with Crippen LogP contribution in [0.5, 0.6) is 0 Å². The Morgan fingerprint density at radius 1 is 1.21 bits per heavy atom. The quantitative estimate of drug-likeness (QED) is 0.501. The van der Waals surface area contributed by atoms with E-state index >= 15 is 0 Å². The maximum atomic E-state index is 12.5. The predicted molar refractivity (Wildman–Crippen MR) is 118 cm³/mol. The van der Waals surface area contributed by atoms with E-state index in [4.69, 9.17) is 16.0 Å². The molecule has 11 heteroatoms. The molecule has 4 heterocycles. The number of nitrogens with zero attached hydrogens (tertiary/aromatic N) is 4. The molecule has 154 valence electrons. The molecule has 1 N–H and O–H groups in total. The zero-order valence-electron chi connectivity index (χ0n) is 15.5.